The number of halogens is 1. The number of hydrogen-bond donors (Lipinski definition) is 0. The van der Waals surface area contributed by atoms with E-state index in [0.29, 0.717) is 11.1 Å². The van der Waals surface area contributed by atoms with Gasteiger partial charge in [-0.15, -0.1) is 0 Å². The Kier molecular flexibility index (Phi) is 3.77. The summed E-state index contributed by atoms with van der Waals surface area (Å²) < 4.78 is 0.761. The summed E-state index contributed by atoms with van der Waals surface area (Å²) in [6.07, 6.45) is 0. The van der Waals surface area contributed by atoms with E-state index >= 15 is 0 Å². The molecule has 3 rings (SSSR count). The number of fused-ring (bicyclic) bond motifs is 1. The molecular weight excluding hydrogens is 348 g/mol. The average molecular weight is 359 g/mol. The van der Waals surface area contributed by atoms with Crippen molar-refractivity contribution >= 4 is 39.2 Å². The highest BCUT2D eigenvalue weighted by Crippen LogP contribution is 2.27. The van der Waals surface area contributed by atoms with E-state index in [9.17, 15) is 9.59 Å². The van der Waals surface area contributed by atoms with E-state index in [0.717, 1.165) is 10.2 Å². The van der Waals surface area contributed by atoms with Crippen molar-refractivity contribution < 1.29 is 14.4 Å². The molecule has 0 saturated heterocycles. The molecule has 110 valence electrons. The number of carbonyl (C=O) groups excluding carboxylic acids is 2. The van der Waals surface area contributed by atoms with Gasteiger partial charge in [-0.3, -0.25) is 4.79 Å². The number of para-hydroxylation sites is 1. The Labute approximate surface area is 135 Å². The first-order valence-electron chi connectivity index (χ1n) is 6.50. The molecule has 0 radical (unpaired) electrons. The lowest BCUT2D eigenvalue weighted by Crippen LogP contribution is -2.25. The molecule has 0 aliphatic carbocycles. The quantitative estimate of drug-likeness (QED) is 0.612. The van der Waals surface area contributed by atoms with Gasteiger partial charge in [0.1, 0.15) is 0 Å². The highest BCUT2D eigenvalue weighted by Gasteiger charge is 2.32. The van der Waals surface area contributed by atoms with Crippen molar-refractivity contribution in [1.82, 2.24) is 0 Å². The Morgan fingerprint density at radius 2 is 1.95 bits per heavy atom. The summed E-state index contributed by atoms with van der Waals surface area (Å²) in [5.74, 6) is -0.920. The number of amides is 1. The topological polar surface area (TPSA) is 59.0 Å². The molecule has 0 spiro atoms. The molecule has 2 aromatic rings. The van der Waals surface area contributed by atoms with Gasteiger partial charge in [-0.25, -0.2) is 4.79 Å². The van der Waals surface area contributed by atoms with Crippen LogP contribution >= 0.6 is 15.9 Å². The van der Waals surface area contributed by atoms with Gasteiger partial charge in [0.25, 0.3) is 5.91 Å². The normalized spacial score (nSPS) is 15.1. The standard InChI is InChI=1S/C16H11BrN2O3/c1-19-13-8-3-2-7-12(13)14(15(19)20)18-22-16(21)10-5-4-6-11(17)9-10/h2-9H,1H3/b18-14-. The van der Waals surface area contributed by atoms with Crippen LogP contribution in [0, 0.1) is 0 Å². The van der Waals surface area contributed by atoms with Crippen molar-refractivity contribution in [3.8, 4) is 0 Å². The highest BCUT2D eigenvalue weighted by molar-refractivity contribution is 9.10. The number of rotatable bonds is 2. The van der Waals surface area contributed by atoms with Crippen LogP contribution in [0.2, 0.25) is 0 Å². The second-order valence-electron chi connectivity index (χ2n) is 4.71. The van der Waals surface area contributed by atoms with Crippen LogP contribution in [0.5, 0.6) is 0 Å². The first kappa shape index (κ1) is 14.5. The lowest BCUT2D eigenvalue weighted by atomic mass is 10.1. The Morgan fingerprint density at radius 1 is 1.18 bits per heavy atom. The predicted molar refractivity (Wildman–Crippen MR) is 85.9 cm³/mol. The molecule has 6 heteroatoms. The molecule has 0 aromatic heterocycles. The van der Waals surface area contributed by atoms with Gasteiger partial charge in [0, 0.05) is 17.1 Å². The zero-order valence-corrected chi connectivity index (χ0v) is 13.2. The minimum absolute atomic E-state index is 0.126. The molecule has 0 fully saturated rings. The summed E-state index contributed by atoms with van der Waals surface area (Å²) in [5, 5.41) is 3.76. The van der Waals surface area contributed by atoms with E-state index in [4.69, 9.17) is 4.84 Å². The van der Waals surface area contributed by atoms with Gasteiger partial charge in [0.2, 0.25) is 0 Å². The molecule has 5 nitrogen and oxygen atoms in total. The second-order valence-corrected chi connectivity index (χ2v) is 5.63. The Hall–Kier alpha value is -2.47. The third-order valence-corrected chi connectivity index (χ3v) is 3.80. The van der Waals surface area contributed by atoms with Crippen molar-refractivity contribution in [2.75, 3.05) is 11.9 Å². The molecule has 0 bridgehead atoms. The van der Waals surface area contributed by atoms with Crippen LogP contribution in [-0.2, 0) is 9.63 Å². The van der Waals surface area contributed by atoms with E-state index in [-0.39, 0.29) is 11.6 Å². The summed E-state index contributed by atoms with van der Waals surface area (Å²) >= 11 is 3.28. The van der Waals surface area contributed by atoms with Gasteiger partial charge in [-0.2, -0.15) is 0 Å². The molecule has 0 saturated carbocycles. The number of hydrogen-bond acceptors (Lipinski definition) is 4. The lowest BCUT2D eigenvalue weighted by Gasteiger charge is -2.07. The van der Waals surface area contributed by atoms with Crippen molar-refractivity contribution in [1.29, 1.82) is 0 Å². The third-order valence-electron chi connectivity index (χ3n) is 3.31. The summed E-state index contributed by atoms with van der Waals surface area (Å²) in [6, 6.07) is 14.0. The van der Waals surface area contributed by atoms with Crippen LogP contribution in [0.15, 0.2) is 58.2 Å². The van der Waals surface area contributed by atoms with E-state index in [2.05, 4.69) is 21.1 Å². The summed E-state index contributed by atoms with van der Waals surface area (Å²) in [6.45, 7) is 0. The third kappa shape index (κ3) is 2.53. The minimum atomic E-state index is -0.617. The number of benzene rings is 2. The van der Waals surface area contributed by atoms with Crippen LogP contribution < -0.4 is 4.90 Å². The van der Waals surface area contributed by atoms with Gasteiger partial charge in [0.05, 0.1) is 11.3 Å². The fraction of sp³-hybridized carbons (Fsp3) is 0.0625. The van der Waals surface area contributed by atoms with E-state index < -0.39 is 5.97 Å². The fourth-order valence-corrected chi connectivity index (χ4v) is 2.59. The van der Waals surface area contributed by atoms with Crippen LogP contribution in [0.4, 0.5) is 5.69 Å². The van der Waals surface area contributed by atoms with Crippen molar-refractivity contribution in [3.63, 3.8) is 0 Å². The largest absolute Gasteiger partial charge is 0.365 e. The molecule has 22 heavy (non-hydrogen) atoms. The van der Waals surface area contributed by atoms with Crippen LogP contribution in [0.25, 0.3) is 0 Å². The molecule has 1 heterocycles. The predicted octanol–water partition coefficient (Wildman–Crippen LogP) is 2.99. The summed E-state index contributed by atoms with van der Waals surface area (Å²) in [7, 11) is 1.65. The van der Waals surface area contributed by atoms with Crippen LogP contribution in [-0.4, -0.2) is 24.6 Å². The first-order chi connectivity index (χ1) is 10.6. The molecular formula is C16H11BrN2O3. The zero-order chi connectivity index (χ0) is 15.7. The molecule has 0 N–H and O–H groups in total. The van der Waals surface area contributed by atoms with Gasteiger partial charge in [-0.05, 0) is 24.3 Å². The maximum atomic E-state index is 12.2. The number of oxime groups is 1. The molecule has 0 unspecified atom stereocenters. The van der Waals surface area contributed by atoms with Crippen molar-refractivity contribution in [3.05, 3.63) is 64.1 Å². The number of likely N-dealkylation sites (N-methyl/N-ethyl adjacent to an activating group) is 1. The lowest BCUT2D eigenvalue weighted by molar-refractivity contribution is -0.112. The van der Waals surface area contributed by atoms with E-state index in [1.165, 1.54) is 4.90 Å². The van der Waals surface area contributed by atoms with E-state index in [1.807, 2.05) is 12.1 Å². The first-order valence-corrected chi connectivity index (χ1v) is 7.29. The average Bonchev–Trinajstić information content (AvgIpc) is 2.77. The van der Waals surface area contributed by atoms with Gasteiger partial charge >= 0.3 is 5.97 Å². The van der Waals surface area contributed by atoms with E-state index in [1.54, 1.807) is 43.4 Å². The maximum absolute atomic E-state index is 12.2. The molecule has 1 amide bonds. The highest BCUT2D eigenvalue weighted by atomic mass is 79.9. The smallest absolute Gasteiger partial charge is 0.312 e. The number of anilines is 1. The van der Waals surface area contributed by atoms with Crippen molar-refractivity contribution in [2.24, 2.45) is 5.16 Å². The Morgan fingerprint density at radius 3 is 2.73 bits per heavy atom. The SMILES string of the molecule is CN1C(=O)/C(=N\OC(=O)c2cccc(Br)c2)c2ccccc21. The molecule has 2 aromatic carbocycles. The summed E-state index contributed by atoms with van der Waals surface area (Å²) in [4.78, 5) is 30.5. The zero-order valence-electron chi connectivity index (χ0n) is 11.6. The molecule has 1 aliphatic rings. The minimum Gasteiger partial charge on any atom is -0.312 e. The van der Waals surface area contributed by atoms with Gasteiger partial charge < -0.3 is 9.74 Å². The molecule has 1 aliphatic heterocycles. The molecule has 0 atom stereocenters. The fourth-order valence-electron chi connectivity index (χ4n) is 2.19. The number of nitrogens with zero attached hydrogens (tertiary/aromatic N) is 2. The monoisotopic (exact) mass is 358 g/mol. The summed E-state index contributed by atoms with van der Waals surface area (Å²) in [5.41, 5.74) is 1.87. The van der Waals surface area contributed by atoms with Crippen LogP contribution in [0.3, 0.4) is 0 Å². The Balaban J connectivity index is 1.87. The van der Waals surface area contributed by atoms with Crippen molar-refractivity contribution in [2.45, 2.75) is 0 Å². The van der Waals surface area contributed by atoms with Gasteiger partial charge in [0.15, 0.2) is 5.71 Å². The number of carbonyl (C=O) groups is 2. The maximum Gasteiger partial charge on any atom is 0.365 e. The Bertz CT molecular complexity index is 801. The van der Waals surface area contributed by atoms with Crippen LogP contribution in [0.1, 0.15) is 15.9 Å². The second kappa shape index (κ2) is 5.73. The van der Waals surface area contributed by atoms with Gasteiger partial charge in [-0.1, -0.05) is 45.4 Å².